The lowest BCUT2D eigenvalue weighted by atomic mass is 9.85. The predicted octanol–water partition coefficient (Wildman–Crippen LogP) is 8.30. The monoisotopic (exact) mass is 686 g/mol. The number of hydrogen-bond donors (Lipinski definition) is 0. The molecule has 0 aromatic heterocycles. The van der Waals surface area contributed by atoms with Gasteiger partial charge in [-0.2, -0.15) is 0 Å². The number of fused-ring (bicyclic) bond motifs is 2. The summed E-state index contributed by atoms with van der Waals surface area (Å²) in [6.07, 6.45) is 3.64. The average Bonchev–Trinajstić information content (AvgIpc) is 3.09. The van der Waals surface area contributed by atoms with Crippen molar-refractivity contribution in [3.8, 4) is 45.6 Å². The van der Waals surface area contributed by atoms with E-state index in [0.717, 1.165) is 11.1 Å². The second kappa shape index (κ2) is 15.9. The van der Waals surface area contributed by atoms with E-state index in [0.29, 0.717) is 57.0 Å². The smallest absolute Gasteiger partial charge is 0.345 e. The molecule has 10 nitrogen and oxygen atoms in total. The van der Waals surface area contributed by atoms with Crippen LogP contribution in [0.1, 0.15) is 59.5 Å². The van der Waals surface area contributed by atoms with Gasteiger partial charge in [0.05, 0.1) is 54.9 Å². The molecular formula is C40H46O10. The third kappa shape index (κ3) is 6.75. The maximum atomic E-state index is 13.8. The van der Waals surface area contributed by atoms with Crippen molar-refractivity contribution in [2.75, 3.05) is 42.7 Å². The summed E-state index contributed by atoms with van der Waals surface area (Å²) >= 11 is 0. The minimum absolute atomic E-state index is 0.0450. The van der Waals surface area contributed by atoms with Gasteiger partial charge in [0.15, 0.2) is 0 Å². The maximum absolute atomic E-state index is 13.8. The second-order valence-electron chi connectivity index (χ2n) is 11.9. The SMILES string of the molecule is C=CCc1cc2c(-c3c(OC(C)C)c(C(=O)OC)c(OC)c4cc(OC)c(CC=C)cc34)c(OC(C)C)c(C(=O)OC)c(OC)c2cc1OC. The normalized spacial score (nSPS) is 11.0. The van der Waals surface area contributed by atoms with Crippen LogP contribution in [0, 0.1) is 0 Å². The Morgan fingerprint density at radius 1 is 0.560 bits per heavy atom. The molecule has 4 rings (SSSR count). The summed E-state index contributed by atoms with van der Waals surface area (Å²) < 4.78 is 47.4. The number of methoxy groups -OCH3 is 6. The lowest BCUT2D eigenvalue weighted by Gasteiger charge is -2.27. The molecule has 10 heteroatoms. The molecular weight excluding hydrogens is 640 g/mol. The molecule has 0 aliphatic carbocycles. The zero-order valence-electron chi connectivity index (χ0n) is 30.5. The zero-order chi connectivity index (χ0) is 36.9. The topological polar surface area (TPSA) is 108 Å². The Bertz CT molecular complexity index is 1810. The number of carbonyl (C=O) groups is 2. The summed E-state index contributed by atoms with van der Waals surface area (Å²) in [7, 11) is 8.67. The number of hydrogen-bond acceptors (Lipinski definition) is 10. The summed E-state index contributed by atoms with van der Waals surface area (Å²) in [6, 6.07) is 7.51. The number of ether oxygens (including phenoxy) is 8. The zero-order valence-corrected chi connectivity index (χ0v) is 30.5. The Morgan fingerprint density at radius 3 is 1.18 bits per heavy atom. The van der Waals surface area contributed by atoms with Gasteiger partial charge in [0, 0.05) is 21.9 Å². The van der Waals surface area contributed by atoms with Gasteiger partial charge in [-0.1, -0.05) is 12.2 Å². The average molecular weight is 687 g/mol. The molecule has 0 aliphatic heterocycles. The van der Waals surface area contributed by atoms with E-state index in [1.54, 1.807) is 26.4 Å². The fraction of sp³-hybridized carbons (Fsp3) is 0.350. The van der Waals surface area contributed by atoms with Crippen LogP contribution in [0.2, 0.25) is 0 Å². The Labute approximate surface area is 293 Å². The van der Waals surface area contributed by atoms with E-state index in [-0.39, 0.29) is 34.1 Å². The van der Waals surface area contributed by atoms with Crippen molar-refractivity contribution in [1.29, 1.82) is 0 Å². The Balaban J connectivity index is 2.56. The van der Waals surface area contributed by atoms with E-state index in [1.165, 1.54) is 28.4 Å². The van der Waals surface area contributed by atoms with E-state index < -0.39 is 24.1 Å². The van der Waals surface area contributed by atoms with Crippen LogP contribution in [0.25, 0.3) is 32.7 Å². The van der Waals surface area contributed by atoms with Crippen molar-refractivity contribution in [2.45, 2.75) is 52.7 Å². The van der Waals surface area contributed by atoms with Crippen molar-refractivity contribution in [3.63, 3.8) is 0 Å². The molecule has 0 atom stereocenters. The first-order chi connectivity index (χ1) is 24.0. The molecule has 0 N–H and O–H groups in total. The largest absolute Gasteiger partial charge is 0.496 e. The fourth-order valence-corrected chi connectivity index (χ4v) is 6.22. The van der Waals surface area contributed by atoms with Gasteiger partial charge in [-0.25, -0.2) is 9.59 Å². The fourth-order valence-electron chi connectivity index (χ4n) is 6.22. The van der Waals surface area contributed by atoms with Crippen molar-refractivity contribution in [1.82, 2.24) is 0 Å². The van der Waals surface area contributed by atoms with Crippen molar-refractivity contribution < 1.29 is 47.5 Å². The molecule has 50 heavy (non-hydrogen) atoms. The molecule has 0 heterocycles. The lowest BCUT2D eigenvalue weighted by Crippen LogP contribution is -2.17. The van der Waals surface area contributed by atoms with Gasteiger partial charge in [-0.15, -0.1) is 13.2 Å². The minimum atomic E-state index is -0.693. The summed E-state index contributed by atoms with van der Waals surface area (Å²) in [5, 5.41) is 2.31. The van der Waals surface area contributed by atoms with Gasteiger partial charge >= 0.3 is 11.9 Å². The highest BCUT2D eigenvalue weighted by atomic mass is 16.5. The maximum Gasteiger partial charge on any atom is 0.345 e. The number of benzene rings is 4. The van der Waals surface area contributed by atoms with E-state index in [2.05, 4.69) is 13.2 Å². The minimum Gasteiger partial charge on any atom is -0.496 e. The highest BCUT2D eigenvalue weighted by Gasteiger charge is 2.36. The molecule has 0 saturated heterocycles. The second-order valence-corrected chi connectivity index (χ2v) is 11.9. The number of rotatable bonds is 15. The summed E-state index contributed by atoms with van der Waals surface area (Å²) in [5.41, 5.74) is 2.61. The molecule has 0 aliphatic rings. The number of allylic oxidation sites excluding steroid dienone is 2. The third-order valence-corrected chi connectivity index (χ3v) is 8.10. The van der Waals surface area contributed by atoms with Crippen molar-refractivity contribution in [2.24, 2.45) is 0 Å². The van der Waals surface area contributed by atoms with Crippen molar-refractivity contribution in [3.05, 3.63) is 71.8 Å². The first kappa shape index (κ1) is 37.4. The van der Waals surface area contributed by atoms with Gasteiger partial charge in [0.25, 0.3) is 0 Å². The molecule has 0 saturated carbocycles. The van der Waals surface area contributed by atoms with Gasteiger partial charge in [0.2, 0.25) is 0 Å². The highest BCUT2D eigenvalue weighted by molar-refractivity contribution is 6.20. The van der Waals surface area contributed by atoms with Crippen LogP contribution in [0.15, 0.2) is 49.6 Å². The van der Waals surface area contributed by atoms with Crippen LogP contribution in [0.3, 0.4) is 0 Å². The van der Waals surface area contributed by atoms with Gasteiger partial charge in [-0.05, 0) is 86.7 Å². The molecule has 0 spiro atoms. The molecule has 0 fully saturated rings. The van der Waals surface area contributed by atoms with Crippen LogP contribution < -0.4 is 28.4 Å². The van der Waals surface area contributed by atoms with Crippen LogP contribution in [0.4, 0.5) is 0 Å². The molecule has 0 amide bonds. The lowest BCUT2D eigenvalue weighted by molar-refractivity contribution is 0.0580. The Morgan fingerprint density at radius 2 is 0.920 bits per heavy atom. The standard InChI is InChI=1S/C40H46O10/c1-13-15-23-17-25-27(19-29(23)43-7)35(45-9)33(39(41)47-11)37(49-21(3)4)31(25)32-26-18-24(16-14-2)30(44-8)20-28(26)36(46-10)34(40(42)48-12)38(32)50-22(5)6/h13-14,17-22H,1-2,15-16H2,3-12H3. The van der Waals surface area contributed by atoms with E-state index in [9.17, 15) is 9.59 Å². The van der Waals surface area contributed by atoms with Gasteiger partial charge in [0.1, 0.15) is 45.6 Å². The molecule has 4 aromatic rings. The Kier molecular flexibility index (Phi) is 11.9. The molecule has 0 unspecified atom stereocenters. The highest BCUT2D eigenvalue weighted by Crippen LogP contribution is 2.56. The van der Waals surface area contributed by atoms with Crippen molar-refractivity contribution >= 4 is 33.5 Å². The van der Waals surface area contributed by atoms with Crippen LogP contribution in [0.5, 0.6) is 34.5 Å². The molecule has 0 radical (unpaired) electrons. The summed E-state index contributed by atoms with van der Waals surface area (Å²) in [4.78, 5) is 27.7. The Hall–Kier alpha value is -5.38. The predicted molar refractivity (Wildman–Crippen MR) is 195 cm³/mol. The molecule has 4 aromatic carbocycles. The first-order valence-electron chi connectivity index (χ1n) is 16.2. The van der Waals surface area contributed by atoms with Gasteiger partial charge in [-0.3, -0.25) is 0 Å². The van der Waals surface area contributed by atoms with Crippen LogP contribution >= 0.6 is 0 Å². The first-order valence-corrected chi connectivity index (χ1v) is 16.2. The van der Waals surface area contributed by atoms with Gasteiger partial charge < -0.3 is 37.9 Å². The van der Waals surface area contributed by atoms with E-state index in [4.69, 9.17) is 37.9 Å². The van der Waals surface area contributed by atoms with Crippen LogP contribution in [-0.2, 0) is 22.3 Å². The van der Waals surface area contributed by atoms with E-state index >= 15 is 0 Å². The summed E-state index contributed by atoms with van der Waals surface area (Å²) in [5.74, 6) is 0.512. The number of carbonyl (C=O) groups excluding carboxylic acids is 2. The number of esters is 2. The molecule has 266 valence electrons. The van der Waals surface area contributed by atoms with E-state index in [1.807, 2.05) is 52.0 Å². The molecule has 0 bridgehead atoms. The summed E-state index contributed by atoms with van der Waals surface area (Å²) in [6.45, 7) is 15.3. The quantitative estimate of drug-likeness (QED) is 0.0895. The van der Waals surface area contributed by atoms with Crippen LogP contribution in [-0.4, -0.2) is 66.8 Å². The third-order valence-electron chi connectivity index (χ3n) is 8.10.